The van der Waals surface area contributed by atoms with Crippen molar-refractivity contribution < 1.29 is 0 Å². The highest BCUT2D eigenvalue weighted by Gasteiger charge is 2.22. The zero-order chi connectivity index (χ0) is 48.9. The molecule has 0 amide bonds. The molecule has 372 valence electrons. The summed E-state index contributed by atoms with van der Waals surface area (Å²) in [5, 5.41) is 0. The lowest BCUT2D eigenvalue weighted by Gasteiger charge is -2.02. The van der Waals surface area contributed by atoms with Crippen LogP contribution in [0.3, 0.4) is 0 Å². The van der Waals surface area contributed by atoms with Crippen molar-refractivity contribution in [2.45, 2.75) is 163 Å². The molecule has 0 aliphatic rings. The summed E-state index contributed by atoms with van der Waals surface area (Å²) in [4.78, 5) is 22.9. The first-order chi connectivity index (χ1) is 34.9. The maximum Gasteiger partial charge on any atom is 0.0481 e. The smallest absolute Gasteiger partial charge is 0.0481 e. The minimum absolute atomic E-state index is 1.15. The van der Waals surface area contributed by atoms with Crippen LogP contribution in [0.2, 0.25) is 0 Å². The molecule has 9 rings (SSSR count). The van der Waals surface area contributed by atoms with Crippen molar-refractivity contribution in [3.8, 4) is 78.7 Å². The molecule has 8 heterocycles. The second-order valence-electron chi connectivity index (χ2n) is 19.4. The molecule has 0 aliphatic heterocycles. The van der Waals surface area contributed by atoms with Gasteiger partial charge in [0.15, 0.2) is 0 Å². The maximum atomic E-state index is 2.59. The second-order valence-corrected chi connectivity index (χ2v) is 28.1. The lowest BCUT2D eigenvalue weighted by Crippen LogP contribution is -1.85. The van der Waals surface area contributed by atoms with Crippen LogP contribution in [0.1, 0.15) is 158 Å². The Kier molecular flexibility index (Phi) is 19.5. The van der Waals surface area contributed by atoms with Crippen LogP contribution in [0.5, 0.6) is 0 Å². The lowest BCUT2D eigenvalue weighted by molar-refractivity contribution is 0.668. The van der Waals surface area contributed by atoms with Gasteiger partial charge in [-0.3, -0.25) is 0 Å². The Balaban J connectivity index is 0.990. The minimum atomic E-state index is 1.15. The standard InChI is InChI=1S/C63H72S8/c1-6-10-14-19-27-45-39-43(5)64-60(45)53-35-31-49(65-53)50-33-37-55(67-50)62-47(29-21-16-12-8-3)41-58(70-62)59-42-48(30-22-17-13-9-4)63(71-59)56-38-34-52(68-56)51-32-36-54(66-51)61-46(28-20-15-11-7-2)40-57(69-61)44-25-23-18-24-26-44/h18,23-26,31-42H,6-17,19-22,27-30H2,1-5H3. The van der Waals surface area contributed by atoms with Gasteiger partial charge >= 0.3 is 0 Å². The van der Waals surface area contributed by atoms with E-state index < -0.39 is 0 Å². The first-order valence-corrected chi connectivity index (χ1v) is 33.4. The first-order valence-electron chi connectivity index (χ1n) is 26.9. The molecular weight excluding hydrogens is 1010 g/mol. The van der Waals surface area contributed by atoms with E-state index in [-0.39, 0.29) is 0 Å². The fourth-order valence-electron chi connectivity index (χ4n) is 9.76. The van der Waals surface area contributed by atoms with E-state index in [9.17, 15) is 0 Å². The summed E-state index contributed by atoms with van der Waals surface area (Å²) in [6, 6.07) is 40.3. The van der Waals surface area contributed by atoms with Gasteiger partial charge in [0.05, 0.1) is 0 Å². The number of thiophene rings is 8. The summed E-state index contributed by atoms with van der Waals surface area (Å²) in [5.41, 5.74) is 7.48. The molecule has 1 aromatic carbocycles. The van der Waals surface area contributed by atoms with Gasteiger partial charge in [0.25, 0.3) is 0 Å². The van der Waals surface area contributed by atoms with E-state index in [2.05, 4.69) is 138 Å². The molecule has 0 radical (unpaired) electrons. The molecule has 0 unspecified atom stereocenters. The van der Waals surface area contributed by atoms with Crippen molar-refractivity contribution >= 4 is 90.7 Å². The van der Waals surface area contributed by atoms with Crippen molar-refractivity contribution in [2.75, 3.05) is 0 Å². The zero-order valence-electron chi connectivity index (χ0n) is 42.7. The van der Waals surface area contributed by atoms with Crippen LogP contribution < -0.4 is 0 Å². The van der Waals surface area contributed by atoms with Gasteiger partial charge in [0, 0.05) is 78.0 Å². The highest BCUT2D eigenvalue weighted by molar-refractivity contribution is 7.31. The molecule has 0 fully saturated rings. The SMILES string of the molecule is CCCCCCc1cc(C)sc1-c1ccc(-c2ccc(-c3sc(-c4cc(CCCCCC)c(-c5ccc(-c6ccc(-c7sc(-c8ccccc8)cc7CCCCCC)s6)s5)s4)cc3CCCCCC)s2)s1. The van der Waals surface area contributed by atoms with E-state index in [1.165, 1.54) is 204 Å². The van der Waals surface area contributed by atoms with Crippen LogP contribution >= 0.6 is 90.7 Å². The van der Waals surface area contributed by atoms with Crippen LogP contribution in [-0.2, 0) is 25.7 Å². The summed E-state index contributed by atoms with van der Waals surface area (Å²) < 4.78 is 0. The monoisotopic (exact) mass is 1080 g/mol. The number of hydrogen-bond donors (Lipinski definition) is 0. The van der Waals surface area contributed by atoms with Crippen molar-refractivity contribution in [2.24, 2.45) is 0 Å². The molecule has 0 atom stereocenters. The fourth-order valence-corrected chi connectivity index (χ4v) is 19.3. The Morgan fingerprint density at radius 1 is 0.268 bits per heavy atom. The Bertz CT molecular complexity index is 3010. The second kappa shape index (κ2) is 26.3. The predicted molar refractivity (Wildman–Crippen MR) is 329 cm³/mol. The predicted octanol–water partition coefficient (Wildman–Crippen LogP) is 24.3. The van der Waals surface area contributed by atoms with Crippen LogP contribution in [0.4, 0.5) is 0 Å². The maximum absolute atomic E-state index is 2.59. The van der Waals surface area contributed by atoms with E-state index in [1.54, 1.807) is 11.1 Å². The summed E-state index contributed by atoms with van der Waals surface area (Å²) >= 11 is 16.0. The van der Waals surface area contributed by atoms with Gasteiger partial charge in [-0.2, -0.15) is 0 Å². The Morgan fingerprint density at radius 3 is 0.944 bits per heavy atom. The van der Waals surface area contributed by atoms with Crippen molar-refractivity contribution in [1.29, 1.82) is 0 Å². The van der Waals surface area contributed by atoms with Gasteiger partial charge in [-0.05, 0) is 159 Å². The highest BCUT2D eigenvalue weighted by Crippen LogP contribution is 2.51. The molecule has 0 bridgehead atoms. The first kappa shape index (κ1) is 52.7. The molecule has 71 heavy (non-hydrogen) atoms. The highest BCUT2D eigenvalue weighted by atomic mass is 32.1. The van der Waals surface area contributed by atoms with E-state index in [1.807, 2.05) is 90.7 Å². The molecule has 8 aromatic heterocycles. The third-order valence-electron chi connectivity index (χ3n) is 13.7. The summed E-state index contributed by atoms with van der Waals surface area (Å²) in [6.07, 6.45) is 25.3. The number of aryl methyl sites for hydroxylation is 5. The molecule has 0 spiro atoms. The van der Waals surface area contributed by atoms with Crippen molar-refractivity contribution in [3.05, 3.63) is 130 Å². The van der Waals surface area contributed by atoms with Gasteiger partial charge in [-0.15, -0.1) is 90.7 Å². The molecule has 0 N–H and O–H groups in total. The Labute approximate surface area is 458 Å². The topological polar surface area (TPSA) is 0 Å². The number of benzene rings is 1. The van der Waals surface area contributed by atoms with Crippen LogP contribution in [0.25, 0.3) is 78.7 Å². The summed E-state index contributed by atoms with van der Waals surface area (Å²) in [6.45, 7) is 11.5. The average Bonchev–Trinajstić information content (AvgIpc) is 4.23. The zero-order valence-corrected chi connectivity index (χ0v) is 49.3. The van der Waals surface area contributed by atoms with Gasteiger partial charge in [-0.25, -0.2) is 0 Å². The molecule has 9 aromatic rings. The van der Waals surface area contributed by atoms with Crippen LogP contribution in [0.15, 0.2) is 103 Å². The number of hydrogen-bond acceptors (Lipinski definition) is 8. The van der Waals surface area contributed by atoms with Gasteiger partial charge in [0.2, 0.25) is 0 Å². The van der Waals surface area contributed by atoms with Crippen LogP contribution in [0, 0.1) is 6.92 Å². The Morgan fingerprint density at radius 2 is 0.577 bits per heavy atom. The largest absolute Gasteiger partial charge is 0.139 e. The van der Waals surface area contributed by atoms with E-state index >= 15 is 0 Å². The van der Waals surface area contributed by atoms with Crippen molar-refractivity contribution in [1.82, 2.24) is 0 Å². The lowest BCUT2D eigenvalue weighted by atomic mass is 10.0. The van der Waals surface area contributed by atoms with Crippen molar-refractivity contribution in [3.63, 3.8) is 0 Å². The summed E-state index contributed by atoms with van der Waals surface area (Å²) in [5.74, 6) is 0. The van der Waals surface area contributed by atoms with Gasteiger partial charge in [0.1, 0.15) is 0 Å². The summed E-state index contributed by atoms with van der Waals surface area (Å²) in [7, 11) is 0. The molecule has 8 heteroatoms. The third kappa shape index (κ3) is 13.4. The number of rotatable bonds is 28. The Hall–Kier alpha value is -3.18. The van der Waals surface area contributed by atoms with E-state index in [0.29, 0.717) is 0 Å². The van der Waals surface area contributed by atoms with E-state index in [4.69, 9.17) is 0 Å². The van der Waals surface area contributed by atoms with Gasteiger partial charge < -0.3 is 0 Å². The quantitative estimate of drug-likeness (QED) is 0.0429. The molecule has 0 saturated heterocycles. The normalized spacial score (nSPS) is 11.7. The fraction of sp³-hybridized carbons (Fsp3) is 0.397. The molecule has 0 aliphatic carbocycles. The molecular formula is C63H72S8. The van der Waals surface area contributed by atoms with Gasteiger partial charge in [-0.1, -0.05) is 135 Å². The molecule has 0 saturated carbocycles. The number of unbranched alkanes of at least 4 members (excludes halogenated alkanes) is 12. The third-order valence-corrected chi connectivity index (χ3v) is 24.0. The average molecular weight is 1090 g/mol. The molecule has 0 nitrogen and oxygen atoms in total. The van der Waals surface area contributed by atoms with Crippen LogP contribution in [-0.4, -0.2) is 0 Å². The van der Waals surface area contributed by atoms with E-state index in [0.717, 1.165) is 19.3 Å². The minimum Gasteiger partial charge on any atom is -0.139 e.